The Morgan fingerprint density at radius 3 is 2.78 bits per heavy atom. The smallest absolute Gasteiger partial charge is 0.236 e. The zero-order valence-corrected chi connectivity index (χ0v) is 10.8. The van der Waals surface area contributed by atoms with Gasteiger partial charge in [-0.25, -0.2) is 4.39 Å². The van der Waals surface area contributed by atoms with E-state index < -0.39 is 21.9 Å². The molecule has 18 heavy (non-hydrogen) atoms. The van der Waals surface area contributed by atoms with Crippen molar-refractivity contribution in [2.24, 2.45) is 0 Å². The van der Waals surface area contributed by atoms with Crippen LogP contribution in [-0.4, -0.2) is 21.4 Å². The van der Waals surface area contributed by atoms with Gasteiger partial charge in [-0.1, -0.05) is 0 Å². The molecule has 2 atom stereocenters. The maximum atomic E-state index is 12.9. The van der Waals surface area contributed by atoms with E-state index in [9.17, 15) is 13.4 Å². The molecule has 0 saturated heterocycles. The summed E-state index contributed by atoms with van der Waals surface area (Å²) in [5.74, 6) is -0.733. The van der Waals surface area contributed by atoms with Crippen LogP contribution in [0.2, 0.25) is 0 Å². The van der Waals surface area contributed by atoms with Gasteiger partial charge < -0.3 is 11.1 Å². The molecule has 3 N–H and O–H groups in total. The largest absolute Gasteiger partial charge is 0.398 e. The molecular formula is C12H15FN2O2S. The molecule has 2 unspecified atom stereocenters. The third-order valence-corrected chi connectivity index (χ3v) is 4.46. The lowest BCUT2D eigenvalue weighted by atomic mass is 10.3. The third-order valence-electron chi connectivity index (χ3n) is 2.80. The highest BCUT2D eigenvalue weighted by Crippen LogP contribution is 2.22. The molecule has 0 aromatic heterocycles. The van der Waals surface area contributed by atoms with Gasteiger partial charge in [0, 0.05) is 6.04 Å². The van der Waals surface area contributed by atoms with E-state index in [2.05, 4.69) is 5.32 Å². The number of nitrogens with two attached hydrogens (primary N) is 1. The van der Waals surface area contributed by atoms with E-state index in [1.165, 1.54) is 12.1 Å². The summed E-state index contributed by atoms with van der Waals surface area (Å²) in [7, 11) is -1.57. The van der Waals surface area contributed by atoms with Crippen molar-refractivity contribution in [1.82, 2.24) is 5.32 Å². The third kappa shape index (κ3) is 2.87. The second-order valence-corrected chi connectivity index (χ2v) is 6.15. The van der Waals surface area contributed by atoms with E-state index in [0.29, 0.717) is 4.90 Å². The maximum Gasteiger partial charge on any atom is 0.236 e. The molecule has 98 valence electrons. The van der Waals surface area contributed by atoms with Crippen LogP contribution in [0.3, 0.4) is 0 Å². The molecule has 4 nitrogen and oxygen atoms in total. The molecule has 2 rings (SSSR count). The fraction of sp³-hybridized carbons (Fsp3) is 0.417. The summed E-state index contributed by atoms with van der Waals surface area (Å²) in [6.07, 6.45) is 1.95. The zero-order valence-electron chi connectivity index (χ0n) is 9.98. The van der Waals surface area contributed by atoms with Crippen LogP contribution in [0.1, 0.15) is 19.8 Å². The van der Waals surface area contributed by atoms with Gasteiger partial charge in [-0.3, -0.25) is 9.00 Å². The van der Waals surface area contributed by atoms with E-state index in [1.807, 2.05) is 0 Å². The van der Waals surface area contributed by atoms with E-state index >= 15 is 0 Å². The lowest BCUT2D eigenvalue weighted by molar-refractivity contribution is -0.120. The second-order valence-electron chi connectivity index (χ2n) is 4.40. The summed E-state index contributed by atoms with van der Waals surface area (Å²) in [5.41, 5.74) is 5.72. The molecule has 6 heteroatoms. The van der Waals surface area contributed by atoms with Crippen molar-refractivity contribution in [3.8, 4) is 0 Å². The Bertz CT molecular complexity index is 503. The van der Waals surface area contributed by atoms with Gasteiger partial charge in [0.15, 0.2) is 0 Å². The number of hydrogen-bond acceptors (Lipinski definition) is 3. The first-order valence-electron chi connectivity index (χ1n) is 5.75. The summed E-state index contributed by atoms with van der Waals surface area (Å²) in [5, 5.41) is 2.09. The molecule has 0 radical (unpaired) electrons. The first-order chi connectivity index (χ1) is 8.49. The SMILES string of the molecule is CC(C(=O)NC1CC1)S(=O)c1ccc(F)cc1N. The number of anilines is 1. The summed E-state index contributed by atoms with van der Waals surface area (Å²) in [6, 6.07) is 3.89. The number of carbonyl (C=O) groups excluding carboxylic acids is 1. The van der Waals surface area contributed by atoms with Crippen molar-refractivity contribution in [1.29, 1.82) is 0 Å². The first-order valence-corrected chi connectivity index (χ1v) is 6.96. The molecule has 1 amide bonds. The van der Waals surface area contributed by atoms with Gasteiger partial charge in [0.25, 0.3) is 0 Å². The van der Waals surface area contributed by atoms with Crippen molar-refractivity contribution in [2.45, 2.75) is 36.0 Å². The first kappa shape index (κ1) is 13.0. The summed E-state index contributed by atoms with van der Waals surface area (Å²) in [4.78, 5) is 12.1. The summed E-state index contributed by atoms with van der Waals surface area (Å²) in [6.45, 7) is 1.58. The van der Waals surface area contributed by atoms with Crippen molar-refractivity contribution in [3.63, 3.8) is 0 Å². The molecular weight excluding hydrogens is 255 g/mol. The minimum atomic E-state index is -1.57. The standard InChI is InChI=1S/C12H15FN2O2S/c1-7(12(16)15-9-3-4-9)18(17)11-5-2-8(13)6-10(11)14/h2,5-7,9H,3-4,14H2,1H3,(H,15,16). The molecule has 1 saturated carbocycles. The van der Waals surface area contributed by atoms with Gasteiger partial charge in [-0.2, -0.15) is 0 Å². The molecule has 0 spiro atoms. The number of rotatable bonds is 4. The Labute approximate surface area is 107 Å². The van der Waals surface area contributed by atoms with Gasteiger partial charge in [0.1, 0.15) is 11.1 Å². The van der Waals surface area contributed by atoms with Crippen molar-refractivity contribution < 1.29 is 13.4 Å². The topological polar surface area (TPSA) is 72.2 Å². The summed E-state index contributed by atoms with van der Waals surface area (Å²) >= 11 is 0. The van der Waals surface area contributed by atoms with Crippen molar-refractivity contribution in [2.75, 3.05) is 5.73 Å². The Morgan fingerprint density at radius 1 is 1.56 bits per heavy atom. The van der Waals surface area contributed by atoms with Crippen molar-refractivity contribution >= 4 is 22.4 Å². The Balaban J connectivity index is 2.11. The average molecular weight is 270 g/mol. The van der Waals surface area contributed by atoms with E-state index in [4.69, 9.17) is 5.73 Å². The Kier molecular flexibility index (Phi) is 3.65. The monoisotopic (exact) mass is 270 g/mol. The minimum Gasteiger partial charge on any atom is -0.398 e. The number of nitrogens with one attached hydrogen (secondary N) is 1. The highest BCUT2D eigenvalue weighted by Gasteiger charge is 2.29. The molecule has 1 aromatic carbocycles. The number of hydrogen-bond donors (Lipinski definition) is 2. The van der Waals surface area contributed by atoms with Gasteiger partial charge >= 0.3 is 0 Å². The van der Waals surface area contributed by atoms with Crippen LogP contribution in [0, 0.1) is 5.82 Å². The fourth-order valence-corrected chi connectivity index (χ4v) is 2.67. The Hall–Kier alpha value is -1.43. The molecule has 0 heterocycles. The lowest BCUT2D eigenvalue weighted by Crippen LogP contribution is -2.36. The number of nitrogen functional groups attached to an aromatic ring is 1. The molecule has 1 aliphatic rings. The lowest BCUT2D eigenvalue weighted by Gasteiger charge is -2.13. The fourth-order valence-electron chi connectivity index (χ4n) is 1.54. The van der Waals surface area contributed by atoms with Crippen LogP contribution in [0.5, 0.6) is 0 Å². The highest BCUT2D eigenvalue weighted by atomic mass is 32.2. The van der Waals surface area contributed by atoms with Crippen molar-refractivity contribution in [3.05, 3.63) is 24.0 Å². The Morgan fingerprint density at radius 2 is 2.22 bits per heavy atom. The van der Waals surface area contributed by atoms with Crippen LogP contribution in [0.25, 0.3) is 0 Å². The molecule has 0 bridgehead atoms. The number of carbonyl (C=O) groups is 1. The molecule has 1 aliphatic carbocycles. The maximum absolute atomic E-state index is 12.9. The van der Waals surface area contributed by atoms with Gasteiger partial charge in [0.05, 0.1) is 21.4 Å². The predicted octanol–water partition coefficient (Wildman–Crippen LogP) is 1.18. The molecule has 1 fully saturated rings. The second kappa shape index (κ2) is 5.06. The van der Waals surface area contributed by atoms with Gasteiger partial charge in [0.2, 0.25) is 5.91 Å². The molecule has 0 aliphatic heterocycles. The van der Waals surface area contributed by atoms with Crippen LogP contribution >= 0.6 is 0 Å². The van der Waals surface area contributed by atoms with Crippen LogP contribution in [-0.2, 0) is 15.6 Å². The minimum absolute atomic E-state index is 0.111. The van der Waals surface area contributed by atoms with Crippen LogP contribution < -0.4 is 11.1 Å². The normalized spacial score (nSPS) is 18.1. The predicted molar refractivity (Wildman–Crippen MR) is 67.8 cm³/mol. The van der Waals surface area contributed by atoms with Crippen LogP contribution in [0.15, 0.2) is 23.1 Å². The number of halogens is 1. The van der Waals surface area contributed by atoms with E-state index in [-0.39, 0.29) is 17.6 Å². The highest BCUT2D eigenvalue weighted by molar-refractivity contribution is 7.86. The quantitative estimate of drug-likeness (QED) is 0.807. The van der Waals surface area contributed by atoms with Gasteiger partial charge in [-0.05, 0) is 38.0 Å². The van der Waals surface area contributed by atoms with E-state index in [0.717, 1.165) is 18.9 Å². The summed E-state index contributed by atoms with van der Waals surface area (Å²) < 4.78 is 25.1. The molecule has 1 aromatic rings. The zero-order chi connectivity index (χ0) is 13.3. The van der Waals surface area contributed by atoms with E-state index in [1.54, 1.807) is 6.92 Å². The average Bonchev–Trinajstić information content (AvgIpc) is 3.11. The van der Waals surface area contributed by atoms with Crippen LogP contribution in [0.4, 0.5) is 10.1 Å². The van der Waals surface area contributed by atoms with Gasteiger partial charge in [-0.15, -0.1) is 0 Å². The number of amides is 1. The number of benzene rings is 1.